The summed E-state index contributed by atoms with van der Waals surface area (Å²) in [5, 5.41) is 5.00. The Morgan fingerprint density at radius 2 is 1.59 bits per heavy atom. The lowest BCUT2D eigenvalue weighted by Gasteiger charge is -2.37. The number of amidine groups is 1. The molecule has 0 saturated heterocycles. The quantitative estimate of drug-likeness (QED) is 0.583. The van der Waals surface area contributed by atoms with Gasteiger partial charge in [-0.15, -0.1) is 11.8 Å². The van der Waals surface area contributed by atoms with Crippen LogP contribution in [0.25, 0.3) is 0 Å². The maximum Gasteiger partial charge on any atom is 0.242 e. The van der Waals surface area contributed by atoms with Crippen molar-refractivity contribution in [3.63, 3.8) is 0 Å². The lowest BCUT2D eigenvalue weighted by molar-refractivity contribution is -0.0274. The standard InChI is InChI=1S/C23H20N2OS/c1-17-16-23(19-12-6-3-7-13-19)25(20-14-8-9-15-21(20)27-17)22(24-26-23)18-10-4-2-5-11-18/h2-15,17H,16H2,1H3/t17-,23-/m0/s1. The zero-order chi connectivity index (χ0) is 18.3. The molecule has 3 aromatic rings. The summed E-state index contributed by atoms with van der Waals surface area (Å²) in [5.74, 6) is 0.863. The van der Waals surface area contributed by atoms with Crippen LogP contribution in [-0.4, -0.2) is 11.1 Å². The molecule has 0 aromatic heterocycles. The SMILES string of the molecule is C[C@H]1C[C@@]2(c3ccccc3)ON=C(c3ccccc3)N2c2ccccc2S1. The molecule has 0 fully saturated rings. The molecule has 2 aliphatic heterocycles. The Labute approximate surface area is 163 Å². The fraction of sp³-hybridized carbons (Fsp3) is 0.174. The van der Waals surface area contributed by atoms with Crippen LogP contribution < -0.4 is 4.90 Å². The number of rotatable bonds is 2. The number of fused-ring (bicyclic) bond motifs is 3. The number of thioether (sulfide) groups is 1. The van der Waals surface area contributed by atoms with Gasteiger partial charge in [-0.05, 0) is 12.1 Å². The first-order valence-electron chi connectivity index (χ1n) is 9.21. The first-order chi connectivity index (χ1) is 13.3. The van der Waals surface area contributed by atoms with E-state index in [4.69, 9.17) is 4.84 Å². The molecule has 0 aliphatic carbocycles. The third-order valence-electron chi connectivity index (χ3n) is 5.11. The number of hydrogen-bond donors (Lipinski definition) is 0. The van der Waals surface area contributed by atoms with Crippen molar-refractivity contribution >= 4 is 23.3 Å². The van der Waals surface area contributed by atoms with E-state index in [0.29, 0.717) is 5.25 Å². The third-order valence-corrected chi connectivity index (χ3v) is 6.28. The molecule has 2 atom stereocenters. The zero-order valence-electron chi connectivity index (χ0n) is 15.1. The van der Waals surface area contributed by atoms with Crippen molar-refractivity contribution in [2.75, 3.05) is 4.90 Å². The highest BCUT2D eigenvalue weighted by molar-refractivity contribution is 8.00. The van der Waals surface area contributed by atoms with E-state index >= 15 is 0 Å². The molecular weight excluding hydrogens is 352 g/mol. The average Bonchev–Trinajstić information content (AvgIpc) is 3.03. The zero-order valence-corrected chi connectivity index (χ0v) is 15.9. The van der Waals surface area contributed by atoms with Gasteiger partial charge in [-0.2, -0.15) is 0 Å². The van der Waals surface area contributed by atoms with Crippen LogP contribution in [0, 0.1) is 0 Å². The Kier molecular flexibility index (Phi) is 3.94. The second-order valence-corrected chi connectivity index (χ2v) is 8.44. The Hall–Kier alpha value is -2.72. The van der Waals surface area contributed by atoms with E-state index < -0.39 is 5.72 Å². The van der Waals surface area contributed by atoms with E-state index in [2.05, 4.69) is 77.6 Å². The number of oxime groups is 1. The lowest BCUT2D eigenvalue weighted by atomic mass is 9.94. The first kappa shape index (κ1) is 16.5. The molecule has 3 aromatic carbocycles. The molecule has 0 radical (unpaired) electrons. The molecule has 0 spiro atoms. The van der Waals surface area contributed by atoms with Crippen molar-refractivity contribution < 1.29 is 4.84 Å². The van der Waals surface area contributed by atoms with E-state index in [-0.39, 0.29) is 0 Å². The molecule has 4 heteroatoms. The van der Waals surface area contributed by atoms with Crippen LogP contribution in [0.3, 0.4) is 0 Å². The van der Waals surface area contributed by atoms with Crippen molar-refractivity contribution in [3.8, 4) is 0 Å². The Balaban J connectivity index is 1.75. The summed E-state index contributed by atoms with van der Waals surface area (Å²) in [6, 6.07) is 29.3. The molecule has 0 bridgehead atoms. The van der Waals surface area contributed by atoms with Gasteiger partial charge in [-0.1, -0.05) is 84.9 Å². The maximum absolute atomic E-state index is 6.31. The van der Waals surface area contributed by atoms with Crippen molar-refractivity contribution in [3.05, 3.63) is 96.1 Å². The summed E-state index contributed by atoms with van der Waals surface area (Å²) >= 11 is 1.90. The first-order valence-corrected chi connectivity index (χ1v) is 10.1. The summed E-state index contributed by atoms with van der Waals surface area (Å²) in [4.78, 5) is 9.86. The number of para-hydroxylation sites is 1. The molecule has 5 rings (SSSR count). The largest absolute Gasteiger partial charge is 0.360 e. The minimum absolute atomic E-state index is 0.390. The number of anilines is 1. The second kappa shape index (κ2) is 6.46. The smallest absolute Gasteiger partial charge is 0.242 e. The Morgan fingerprint density at radius 3 is 2.37 bits per heavy atom. The average molecular weight is 372 g/mol. The number of hydrogen-bond acceptors (Lipinski definition) is 4. The second-order valence-electron chi connectivity index (χ2n) is 6.96. The molecule has 2 heterocycles. The predicted molar refractivity (Wildman–Crippen MR) is 111 cm³/mol. The van der Waals surface area contributed by atoms with Crippen LogP contribution >= 0.6 is 11.8 Å². The molecule has 0 saturated carbocycles. The predicted octanol–water partition coefficient (Wildman–Crippen LogP) is 5.62. The molecule has 0 N–H and O–H groups in total. The summed E-state index contributed by atoms with van der Waals surface area (Å²) in [5.41, 5.74) is 2.70. The molecular formula is C23H20N2OS. The molecule has 134 valence electrons. The van der Waals surface area contributed by atoms with Gasteiger partial charge in [0.05, 0.1) is 5.69 Å². The fourth-order valence-corrected chi connectivity index (χ4v) is 5.15. The van der Waals surface area contributed by atoms with Crippen LogP contribution in [0.15, 0.2) is 95.0 Å². The van der Waals surface area contributed by atoms with E-state index in [1.54, 1.807) is 0 Å². The van der Waals surface area contributed by atoms with Gasteiger partial charge >= 0.3 is 0 Å². The van der Waals surface area contributed by atoms with Crippen LogP contribution in [-0.2, 0) is 10.6 Å². The van der Waals surface area contributed by atoms with Gasteiger partial charge in [-0.25, -0.2) is 0 Å². The van der Waals surface area contributed by atoms with Gasteiger partial charge in [0.15, 0.2) is 5.84 Å². The van der Waals surface area contributed by atoms with Gasteiger partial charge in [-0.3, -0.25) is 4.90 Å². The van der Waals surface area contributed by atoms with E-state index in [9.17, 15) is 0 Å². The van der Waals surface area contributed by atoms with E-state index in [1.807, 2.05) is 36.0 Å². The van der Waals surface area contributed by atoms with Crippen molar-refractivity contribution in [2.45, 2.75) is 29.2 Å². The van der Waals surface area contributed by atoms with Gasteiger partial charge in [0.1, 0.15) is 0 Å². The summed E-state index contributed by atoms with van der Waals surface area (Å²) in [7, 11) is 0. The van der Waals surface area contributed by atoms with Crippen molar-refractivity contribution in [1.82, 2.24) is 0 Å². The summed E-state index contributed by atoms with van der Waals surface area (Å²) in [6.45, 7) is 2.26. The van der Waals surface area contributed by atoms with Crippen LogP contribution in [0.1, 0.15) is 24.5 Å². The summed E-state index contributed by atoms with van der Waals surface area (Å²) < 4.78 is 0. The van der Waals surface area contributed by atoms with E-state index in [0.717, 1.165) is 29.1 Å². The molecule has 2 aliphatic rings. The van der Waals surface area contributed by atoms with Crippen molar-refractivity contribution in [2.24, 2.45) is 5.16 Å². The molecule has 3 nitrogen and oxygen atoms in total. The van der Waals surface area contributed by atoms with Crippen LogP contribution in [0.5, 0.6) is 0 Å². The third kappa shape index (κ3) is 2.63. The minimum Gasteiger partial charge on any atom is -0.360 e. The van der Waals surface area contributed by atoms with Gasteiger partial charge in [0, 0.05) is 27.7 Å². The maximum atomic E-state index is 6.31. The molecule has 27 heavy (non-hydrogen) atoms. The highest BCUT2D eigenvalue weighted by atomic mass is 32.2. The fourth-order valence-electron chi connectivity index (χ4n) is 3.97. The Bertz CT molecular complexity index is 990. The van der Waals surface area contributed by atoms with Gasteiger partial charge in [0.25, 0.3) is 0 Å². The van der Waals surface area contributed by atoms with Gasteiger partial charge in [0.2, 0.25) is 5.72 Å². The number of nitrogens with zero attached hydrogens (tertiary/aromatic N) is 2. The van der Waals surface area contributed by atoms with Gasteiger partial charge < -0.3 is 4.84 Å². The van der Waals surface area contributed by atoms with Crippen LogP contribution in [0.4, 0.5) is 5.69 Å². The van der Waals surface area contributed by atoms with Crippen LogP contribution in [0.2, 0.25) is 0 Å². The minimum atomic E-state index is -0.633. The van der Waals surface area contributed by atoms with Crippen molar-refractivity contribution in [1.29, 1.82) is 0 Å². The Morgan fingerprint density at radius 1 is 0.926 bits per heavy atom. The lowest BCUT2D eigenvalue weighted by Crippen LogP contribution is -2.47. The number of benzene rings is 3. The molecule has 0 amide bonds. The monoisotopic (exact) mass is 372 g/mol. The van der Waals surface area contributed by atoms with E-state index in [1.165, 1.54) is 4.90 Å². The normalized spacial score (nSPS) is 23.7. The highest BCUT2D eigenvalue weighted by Gasteiger charge is 2.51. The molecule has 0 unspecified atom stereocenters. The topological polar surface area (TPSA) is 24.8 Å². The highest BCUT2D eigenvalue weighted by Crippen LogP contribution is 2.51. The summed E-state index contributed by atoms with van der Waals surface area (Å²) in [6.07, 6.45) is 0.843.